The molecular weight excluding hydrogens is 252 g/mol. The lowest BCUT2D eigenvalue weighted by Crippen LogP contribution is -2.39. The maximum atomic E-state index is 5.58. The first-order valence-corrected chi connectivity index (χ1v) is 7.81. The number of nitrogens with zero attached hydrogens (tertiary/aromatic N) is 2. The van der Waals surface area contributed by atoms with Gasteiger partial charge in [-0.1, -0.05) is 13.8 Å². The van der Waals surface area contributed by atoms with Crippen LogP contribution in [0.25, 0.3) is 0 Å². The Kier molecular flexibility index (Phi) is 12.7. The third-order valence-electron chi connectivity index (χ3n) is 2.76. The minimum atomic E-state index is 0.707. The normalized spacial score (nSPS) is 12.2. The number of hydrogen-bond acceptors (Lipinski definition) is 3. The lowest BCUT2D eigenvalue weighted by Gasteiger charge is -2.12. The second-order valence-corrected chi connectivity index (χ2v) is 5.64. The average Bonchev–Trinajstić information content (AvgIpc) is 2.37. The fourth-order valence-electron chi connectivity index (χ4n) is 1.58. The Balaban J connectivity index is 3.70. The van der Waals surface area contributed by atoms with Gasteiger partial charge < -0.3 is 20.3 Å². The monoisotopic (exact) mass is 286 g/mol. The van der Waals surface area contributed by atoms with E-state index < -0.39 is 0 Å². The summed E-state index contributed by atoms with van der Waals surface area (Å²) in [5.74, 6) is 1.59. The number of guanidine groups is 1. The van der Waals surface area contributed by atoms with Gasteiger partial charge in [0.2, 0.25) is 0 Å². The quantitative estimate of drug-likeness (QED) is 0.344. The molecule has 0 aromatic heterocycles. The molecule has 2 N–H and O–H groups in total. The van der Waals surface area contributed by atoms with Crippen molar-refractivity contribution in [2.75, 3.05) is 53.5 Å². The summed E-state index contributed by atoms with van der Waals surface area (Å²) in [6.45, 7) is 11.7. The number of aliphatic imine (C=N–C) groups is 1. The highest BCUT2D eigenvalue weighted by molar-refractivity contribution is 5.79. The fraction of sp³-hybridized carbons (Fsp3) is 0.933. The van der Waals surface area contributed by atoms with Crippen LogP contribution in [0.4, 0.5) is 0 Å². The van der Waals surface area contributed by atoms with Crippen LogP contribution in [0, 0.1) is 5.92 Å². The molecule has 0 fully saturated rings. The molecular formula is C15H34N4O. The van der Waals surface area contributed by atoms with Crippen LogP contribution in [-0.4, -0.2) is 64.3 Å². The summed E-state index contributed by atoms with van der Waals surface area (Å²) < 4.78 is 5.58. The van der Waals surface area contributed by atoms with Gasteiger partial charge in [-0.3, -0.25) is 4.99 Å². The van der Waals surface area contributed by atoms with E-state index in [4.69, 9.17) is 4.74 Å². The minimum Gasteiger partial charge on any atom is -0.380 e. The van der Waals surface area contributed by atoms with E-state index in [0.717, 1.165) is 58.2 Å². The molecule has 5 heteroatoms. The van der Waals surface area contributed by atoms with E-state index in [0.29, 0.717) is 5.92 Å². The van der Waals surface area contributed by atoms with Gasteiger partial charge in [-0.05, 0) is 46.3 Å². The van der Waals surface area contributed by atoms with E-state index in [2.05, 4.69) is 55.4 Å². The Morgan fingerprint density at radius 3 is 2.55 bits per heavy atom. The smallest absolute Gasteiger partial charge is 0.191 e. The number of rotatable bonds is 11. The molecule has 0 rings (SSSR count). The van der Waals surface area contributed by atoms with Crippen molar-refractivity contribution >= 4 is 5.96 Å². The van der Waals surface area contributed by atoms with Gasteiger partial charge >= 0.3 is 0 Å². The standard InChI is InChI=1S/C15H34N4O/c1-6-16-15(17-9-7-11-19(4)5)18-10-13-20-12-8-14(2)3/h14H,6-13H2,1-5H3,(H2,16,17,18). The highest BCUT2D eigenvalue weighted by Gasteiger charge is 1.98. The van der Waals surface area contributed by atoms with Crippen molar-refractivity contribution in [2.24, 2.45) is 10.9 Å². The second-order valence-electron chi connectivity index (χ2n) is 5.64. The Labute approximate surface area is 125 Å². The first-order chi connectivity index (χ1) is 9.56. The largest absolute Gasteiger partial charge is 0.380 e. The number of hydrogen-bond donors (Lipinski definition) is 2. The van der Waals surface area contributed by atoms with Crippen molar-refractivity contribution < 1.29 is 4.74 Å². The average molecular weight is 286 g/mol. The van der Waals surface area contributed by atoms with Crippen molar-refractivity contribution in [1.29, 1.82) is 0 Å². The zero-order chi connectivity index (χ0) is 15.2. The zero-order valence-corrected chi connectivity index (χ0v) is 14.0. The van der Waals surface area contributed by atoms with E-state index in [-0.39, 0.29) is 0 Å². The number of nitrogens with one attached hydrogen (secondary N) is 2. The van der Waals surface area contributed by atoms with Crippen LogP contribution >= 0.6 is 0 Å². The molecule has 0 amide bonds. The third kappa shape index (κ3) is 13.6. The molecule has 0 heterocycles. The molecule has 0 aromatic carbocycles. The maximum absolute atomic E-state index is 5.58. The molecule has 5 nitrogen and oxygen atoms in total. The first-order valence-electron chi connectivity index (χ1n) is 7.81. The molecule has 0 radical (unpaired) electrons. The van der Waals surface area contributed by atoms with Gasteiger partial charge in [0.1, 0.15) is 0 Å². The molecule has 0 unspecified atom stereocenters. The summed E-state index contributed by atoms with van der Waals surface area (Å²) in [5.41, 5.74) is 0. The van der Waals surface area contributed by atoms with E-state index >= 15 is 0 Å². The molecule has 0 aliphatic carbocycles. The third-order valence-corrected chi connectivity index (χ3v) is 2.76. The molecule has 0 aliphatic rings. The molecule has 0 bridgehead atoms. The number of ether oxygens (including phenoxy) is 1. The molecule has 0 spiro atoms. The Bertz CT molecular complexity index is 242. The van der Waals surface area contributed by atoms with Crippen LogP contribution in [0.2, 0.25) is 0 Å². The Morgan fingerprint density at radius 1 is 1.20 bits per heavy atom. The molecule has 120 valence electrons. The lowest BCUT2D eigenvalue weighted by molar-refractivity contribution is 0.128. The SMILES string of the molecule is CCNC(=NCCCN(C)C)NCCOCCC(C)C. The van der Waals surface area contributed by atoms with Crippen molar-refractivity contribution in [3.63, 3.8) is 0 Å². The Hall–Kier alpha value is -0.810. The van der Waals surface area contributed by atoms with E-state index in [9.17, 15) is 0 Å². The highest BCUT2D eigenvalue weighted by atomic mass is 16.5. The van der Waals surface area contributed by atoms with E-state index in [1.54, 1.807) is 0 Å². The highest BCUT2D eigenvalue weighted by Crippen LogP contribution is 1.98. The predicted octanol–water partition coefficient (Wildman–Crippen LogP) is 1.56. The molecule has 0 atom stereocenters. The van der Waals surface area contributed by atoms with Crippen molar-refractivity contribution in [3.05, 3.63) is 0 Å². The van der Waals surface area contributed by atoms with Gasteiger partial charge in [-0.2, -0.15) is 0 Å². The van der Waals surface area contributed by atoms with Gasteiger partial charge in [0.15, 0.2) is 5.96 Å². The summed E-state index contributed by atoms with van der Waals surface area (Å²) in [6, 6.07) is 0. The molecule has 0 aliphatic heterocycles. The molecule has 0 aromatic rings. The first kappa shape index (κ1) is 19.2. The maximum Gasteiger partial charge on any atom is 0.191 e. The van der Waals surface area contributed by atoms with E-state index in [1.807, 2.05) is 0 Å². The summed E-state index contributed by atoms with van der Waals surface area (Å²) in [7, 11) is 4.17. The zero-order valence-electron chi connectivity index (χ0n) is 14.0. The van der Waals surface area contributed by atoms with Gasteiger partial charge in [-0.15, -0.1) is 0 Å². The van der Waals surface area contributed by atoms with Gasteiger partial charge in [-0.25, -0.2) is 0 Å². The summed E-state index contributed by atoms with van der Waals surface area (Å²) in [6.07, 6.45) is 2.20. The topological polar surface area (TPSA) is 48.9 Å². The van der Waals surface area contributed by atoms with E-state index in [1.165, 1.54) is 0 Å². The van der Waals surface area contributed by atoms with Crippen molar-refractivity contribution in [3.8, 4) is 0 Å². The summed E-state index contributed by atoms with van der Waals surface area (Å²) in [5, 5.41) is 6.55. The van der Waals surface area contributed by atoms with Gasteiger partial charge in [0.05, 0.1) is 6.61 Å². The van der Waals surface area contributed by atoms with Gasteiger partial charge in [0, 0.05) is 26.2 Å². The van der Waals surface area contributed by atoms with Crippen LogP contribution in [0.3, 0.4) is 0 Å². The minimum absolute atomic E-state index is 0.707. The van der Waals surface area contributed by atoms with Crippen LogP contribution in [0.1, 0.15) is 33.6 Å². The lowest BCUT2D eigenvalue weighted by atomic mass is 10.1. The van der Waals surface area contributed by atoms with Crippen LogP contribution in [-0.2, 0) is 4.74 Å². The summed E-state index contributed by atoms with van der Waals surface area (Å²) >= 11 is 0. The fourth-order valence-corrected chi connectivity index (χ4v) is 1.58. The van der Waals surface area contributed by atoms with Crippen molar-refractivity contribution in [2.45, 2.75) is 33.6 Å². The van der Waals surface area contributed by atoms with Gasteiger partial charge in [0.25, 0.3) is 0 Å². The molecule has 20 heavy (non-hydrogen) atoms. The van der Waals surface area contributed by atoms with Crippen molar-refractivity contribution in [1.82, 2.24) is 15.5 Å². The Morgan fingerprint density at radius 2 is 1.95 bits per heavy atom. The van der Waals surface area contributed by atoms with Crippen LogP contribution in [0.15, 0.2) is 4.99 Å². The predicted molar refractivity (Wildman–Crippen MR) is 87.4 cm³/mol. The second kappa shape index (κ2) is 13.2. The molecule has 0 saturated carbocycles. The molecule has 0 saturated heterocycles. The van der Waals surface area contributed by atoms with Crippen LogP contribution in [0.5, 0.6) is 0 Å². The summed E-state index contributed by atoms with van der Waals surface area (Å²) in [4.78, 5) is 6.72. The van der Waals surface area contributed by atoms with Crippen LogP contribution < -0.4 is 10.6 Å².